The molecular formula is C19H32N8OS. The van der Waals surface area contributed by atoms with Crippen LogP contribution in [-0.2, 0) is 4.79 Å². The van der Waals surface area contributed by atoms with Gasteiger partial charge in [-0.1, -0.05) is 24.4 Å². The Morgan fingerprint density at radius 1 is 1.03 bits per heavy atom. The first-order chi connectivity index (χ1) is 14.3. The van der Waals surface area contributed by atoms with Crippen molar-refractivity contribution in [1.29, 1.82) is 0 Å². The van der Waals surface area contributed by atoms with Crippen molar-refractivity contribution >= 4 is 23.6 Å². The van der Waals surface area contributed by atoms with Gasteiger partial charge in [-0.2, -0.15) is 0 Å². The second-order valence-corrected chi connectivity index (χ2v) is 9.80. The molecule has 9 nitrogen and oxygen atoms in total. The van der Waals surface area contributed by atoms with Crippen molar-refractivity contribution in [1.82, 2.24) is 35.3 Å². The predicted molar refractivity (Wildman–Crippen MR) is 113 cm³/mol. The molecule has 1 amide bonds. The van der Waals surface area contributed by atoms with Gasteiger partial charge in [0.15, 0.2) is 0 Å². The number of nitrogens with one attached hydrogen (secondary N) is 1. The van der Waals surface area contributed by atoms with E-state index in [1.807, 2.05) is 16.7 Å². The van der Waals surface area contributed by atoms with Gasteiger partial charge in [-0.3, -0.25) is 9.69 Å². The van der Waals surface area contributed by atoms with E-state index >= 15 is 0 Å². The first-order valence-electron chi connectivity index (χ1n) is 11.2. The number of nitrogens with zero attached hydrogens (tertiary/aromatic N) is 7. The number of hydrogen-bond acceptors (Lipinski definition) is 8. The number of amides is 1. The zero-order chi connectivity index (χ0) is 19.6. The van der Waals surface area contributed by atoms with E-state index in [9.17, 15) is 4.79 Å². The maximum atomic E-state index is 12.7. The fourth-order valence-electron chi connectivity index (χ4n) is 5.24. The third kappa shape index (κ3) is 4.11. The summed E-state index contributed by atoms with van der Waals surface area (Å²) < 4.78 is 2.08. The van der Waals surface area contributed by atoms with Crippen LogP contribution >= 0.6 is 11.8 Å². The lowest BCUT2D eigenvalue weighted by Crippen LogP contribution is -2.51. The smallest absolute Gasteiger partial charge is 0.245 e. The Kier molecular flexibility index (Phi) is 5.92. The van der Waals surface area contributed by atoms with Crippen LogP contribution in [0, 0.1) is 0 Å². The Hall–Kier alpha value is -1.39. The summed E-state index contributed by atoms with van der Waals surface area (Å²) in [7, 11) is 0. The number of piperazine rings is 1. The van der Waals surface area contributed by atoms with Crippen LogP contribution in [0.5, 0.6) is 0 Å². The topological polar surface area (TPSA) is 82.4 Å². The number of tetrazole rings is 1. The quantitative estimate of drug-likeness (QED) is 0.757. The molecule has 2 atom stereocenters. The second-order valence-electron chi connectivity index (χ2n) is 8.73. The number of hydrogen-bond donors (Lipinski definition) is 1. The highest BCUT2D eigenvalue weighted by Gasteiger charge is 2.37. The fourth-order valence-corrected chi connectivity index (χ4v) is 6.19. The lowest BCUT2D eigenvalue weighted by Gasteiger charge is -2.38. The molecule has 4 fully saturated rings. The average molecular weight is 421 g/mol. The summed E-state index contributed by atoms with van der Waals surface area (Å²) in [5.41, 5.74) is 0. The van der Waals surface area contributed by atoms with Crippen molar-refractivity contribution < 1.29 is 4.79 Å². The lowest BCUT2D eigenvalue weighted by atomic mass is 9.96. The monoisotopic (exact) mass is 420 g/mol. The normalized spacial score (nSPS) is 29.7. The number of anilines is 1. The minimum atomic E-state index is -0.00432. The van der Waals surface area contributed by atoms with Crippen LogP contribution in [0.4, 0.5) is 5.95 Å². The molecule has 5 rings (SSSR count). The molecule has 3 aliphatic heterocycles. The highest BCUT2D eigenvalue weighted by Crippen LogP contribution is 2.30. The van der Waals surface area contributed by atoms with Gasteiger partial charge in [0, 0.05) is 51.1 Å². The van der Waals surface area contributed by atoms with Crippen LogP contribution in [0.15, 0.2) is 0 Å². The van der Waals surface area contributed by atoms with E-state index < -0.39 is 0 Å². The molecule has 4 aliphatic rings. The molecule has 10 heteroatoms. The summed E-state index contributed by atoms with van der Waals surface area (Å²) in [5.74, 6) is 3.17. The van der Waals surface area contributed by atoms with Crippen molar-refractivity contribution in [2.75, 3.05) is 55.8 Å². The third-order valence-corrected chi connectivity index (χ3v) is 7.95. The number of aromatic nitrogens is 4. The second kappa shape index (κ2) is 8.77. The molecule has 0 aromatic carbocycles. The summed E-state index contributed by atoms with van der Waals surface area (Å²) in [4.78, 5) is 19.6. The van der Waals surface area contributed by atoms with Gasteiger partial charge in [-0.05, 0) is 29.7 Å². The largest absolute Gasteiger partial charge is 0.337 e. The number of carbonyl (C=O) groups is 1. The molecule has 0 bridgehead atoms. The summed E-state index contributed by atoms with van der Waals surface area (Å²) in [5, 5.41) is 16.2. The molecule has 1 N–H and O–H groups in total. The Bertz CT molecular complexity index is 694. The van der Waals surface area contributed by atoms with Crippen LogP contribution < -0.4 is 10.2 Å². The van der Waals surface area contributed by atoms with Gasteiger partial charge in [-0.15, -0.1) is 11.8 Å². The van der Waals surface area contributed by atoms with Crippen molar-refractivity contribution in [3.8, 4) is 0 Å². The molecule has 1 aliphatic carbocycles. The Balaban J connectivity index is 1.15. The highest BCUT2D eigenvalue weighted by atomic mass is 32.2. The molecule has 3 saturated heterocycles. The van der Waals surface area contributed by atoms with E-state index in [4.69, 9.17) is 0 Å². The molecule has 29 heavy (non-hydrogen) atoms. The summed E-state index contributed by atoms with van der Waals surface area (Å²) in [6, 6.07) is 0.910. The van der Waals surface area contributed by atoms with Crippen LogP contribution in [0.2, 0.25) is 0 Å². The molecular weight excluding hydrogens is 388 g/mol. The molecule has 0 spiro atoms. The summed E-state index contributed by atoms with van der Waals surface area (Å²) in [6.45, 7) is 5.72. The van der Waals surface area contributed by atoms with E-state index in [0.29, 0.717) is 18.0 Å². The van der Waals surface area contributed by atoms with Gasteiger partial charge >= 0.3 is 0 Å². The van der Waals surface area contributed by atoms with Gasteiger partial charge in [0.25, 0.3) is 0 Å². The Morgan fingerprint density at radius 3 is 2.62 bits per heavy atom. The summed E-state index contributed by atoms with van der Waals surface area (Å²) >= 11 is 1.85. The van der Waals surface area contributed by atoms with E-state index in [2.05, 4.69) is 35.3 Å². The molecule has 0 radical (unpaired) electrons. The molecule has 0 unspecified atom stereocenters. The van der Waals surface area contributed by atoms with Crippen LogP contribution in [0.25, 0.3) is 0 Å². The van der Waals surface area contributed by atoms with Gasteiger partial charge in [0.2, 0.25) is 11.9 Å². The van der Waals surface area contributed by atoms with Crippen LogP contribution in [0.3, 0.4) is 0 Å². The van der Waals surface area contributed by atoms with Crippen molar-refractivity contribution in [3.63, 3.8) is 0 Å². The van der Waals surface area contributed by atoms with E-state index in [1.54, 1.807) is 0 Å². The lowest BCUT2D eigenvalue weighted by molar-refractivity contribution is -0.131. The molecule has 160 valence electrons. The van der Waals surface area contributed by atoms with Crippen LogP contribution in [-0.4, -0.2) is 98.9 Å². The predicted octanol–water partition coefficient (Wildman–Crippen LogP) is 0.564. The minimum absolute atomic E-state index is 0.00432. The standard InChI is InChI=1S/C19H32N8OS/c28-18(26-10-11-29-14-26)17-12-16(13-20-17)24-6-8-25(9-7-24)19-21-22-23-27(19)15-4-2-1-3-5-15/h15-17,20H,1-14H2/t16-,17-/m0/s1. The van der Waals surface area contributed by atoms with Crippen molar-refractivity contribution in [2.24, 2.45) is 0 Å². The maximum Gasteiger partial charge on any atom is 0.245 e. The Labute approximate surface area is 176 Å². The molecule has 1 aromatic rings. The number of thioether (sulfide) groups is 1. The number of rotatable bonds is 4. The Morgan fingerprint density at radius 2 is 1.86 bits per heavy atom. The van der Waals surface area contributed by atoms with Gasteiger partial charge in [-0.25, -0.2) is 4.68 Å². The SMILES string of the molecule is O=C([C@@H]1C[C@H](N2CCN(c3nnnn3C3CCCCC3)CC2)CN1)N1CCSC1. The number of carbonyl (C=O) groups excluding carboxylic acids is 1. The van der Waals surface area contributed by atoms with E-state index in [-0.39, 0.29) is 6.04 Å². The van der Waals surface area contributed by atoms with Crippen LogP contribution in [0.1, 0.15) is 44.6 Å². The zero-order valence-corrected chi connectivity index (χ0v) is 17.9. The summed E-state index contributed by atoms with van der Waals surface area (Å²) in [6.07, 6.45) is 7.21. The van der Waals surface area contributed by atoms with Gasteiger partial charge in [0.1, 0.15) is 0 Å². The van der Waals surface area contributed by atoms with Crippen molar-refractivity contribution in [3.05, 3.63) is 0 Å². The van der Waals surface area contributed by atoms with E-state index in [0.717, 1.165) is 63.3 Å². The highest BCUT2D eigenvalue weighted by molar-refractivity contribution is 7.99. The minimum Gasteiger partial charge on any atom is -0.337 e. The zero-order valence-electron chi connectivity index (χ0n) is 17.1. The van der Waals surface area contributed by atoms with Crippen molar-refractivity contribution in [2.45, 2.75) is 56.7 Å². The van der Waals surface area contributed by atoms with Gasteiger partial charge < -0.3 is 15.1 Å². The first kappa shape index (κ1) is 19.6. The van der Waals surface area contributed by atoms with Gasteiger partial charge in [0.05, 0.1) is 18.0 Å². The maximum absolute atomic E-state index is 12.7. The fraction of sp³-hybridized carbons (Fsp3) is 0.895. The van der Waals surface area contributed by atoms with E-state index in [1.165, 1.54) is 32.1 Å². The third-order valence-electron chi connectivity index (χ3n) is 6.98. The average Bonchev–Trinajstić information content (AvgIpc) is 3.56. The first-order valence-corrected chi connectivity index (χ1v) is 12.3. The molecule has 1 aromatic heterocycles. The molecule has 4 heterocycles. The molecule has 1 saturated carbocycles.